The van der Waals surface area contributed by atoms with E-state index in [4.69, 9.17) is 16.3 Å². The number of nitrogens with zero attached hydrogens (tertiary/aromatic N) is 2. The highest BCUT2D eigenvalue weighted by molar-refractivity contribution is 6.31. The Morgan fingerprint density at radius 3 is 2.88 bits per heavy atom. The number of rotatable bonds is 8. The van der Waals surface area contributed by atoms with E-state index in [0.29, 0.717) is 23.6 Å². The molecule has 0 aromatic heterocycles. The first kappa shape index (κ1) is 25.6. The summed E-state index contributed by atoms with van der Waals surface area (Å²) >= 11 is 6.01. The number of amides is 1. The van der Waals surface area contributed by atoms with Gasteiger partial charge in [-0.25, -0.2) is 9.38 Å². The molecule has 1 fully saturated rings. The van der Waals surface area contributed by atoms with Crippen LogP contribution in [-0.2, 0) is 9.53 Å². The van der Waals surface area contributed by atoms with Crippen LogP contribution < -0.4 is 10.6 Å². The number of aliphatic hydroxyl groups is 1. The number of carbonyl (C=O) groups is 1. The van der Waals surface area contributed by atoms with E-state index in [9.17, 15) is 14.3 Å². The average molecular weight is 489 g/mol. The fourth-order valence-corrected chi connectivity index (χ4v) is 3.86. The van der Waals surface area contributed by atoms with Gasteiger partial charge in [-0.15, -0.1) is 0 Å². The SMILES string of the molecule is CC/C=C/C=C(\CC(=O)NCC1(O)CCCCC1)NC1=NC(c2cc(Cl)ccc2F)=NC=CO1. The Morgan fingerprint density at radius 2 is 2.12 bits per heavy atom. The van der Waals surface area contributed by atoms with Gasteiger partial charge in [-0.2, -0.15) is 4.99 Å². The highest BCUT2D eigenvalue weighted by atomic mass is 35.5. The van der Waals surface area contributed by atoms with Crippen molar-refractivity contribution in [2.24, 2.45) is 9.98 Å². The predicted octanol–water partition coefficient (Wildman–Crippen LogP) is 4.72. The lowest BCUT2D eigenvalue weighted by molar-refractivity contribution is -0.122. The van der Waals surface area contributed by atoms with Gasteiger partial charge in [0.15, 0.2) is 5.84 Å². The lowest BCUT2D eigenvalue weighted by atomic mass is 9.85. The van der Waals surface area contributed by atoms with E-state index in [1.807, 2.05) is 19.1 Å². The van der Waals surface area contributed by atoms with Crippen molar-refractivity contribution in [1.82, 2.24) is 10.6 Å². The number of halogens is 2. The number of carbonyl (C=O) groups excluding carboxylic acids is 1. The van der Waals surface area contributed by atoms with Gasteiger partial charge in [-0.05, 0) is 43.5 Å². The van der Waals surface area contributed by atoms with Crippen molar-refractivity contribution in [1.29, 1.82) is 0 Å². The second kappa shape index (κ2) is 12.5. The summed E-state index contributed by atoms with van der Waals surface area (Å²) in [6.45, 7) is 2.22. The first-order chi connectivity index (χ1) is 16.4. The van der Waals surface area contributed by atoms with Crippen molar-refractivity contribution in [3.63, 3.8) is 0 Å². The van der Waals surface area contributed by atoms with Crippen LogP contribution >= 0.6 is 11.6 Å². The molecule has 0 radical (unpaired) electrons. The molecule has 0 spiro atoms. The first-order valence-electron chi connectivity index (χ1n) is 11.4. The van der Waals surface area contributed by atoms with Crippen molar-refractivity contribution in [3.05, 3.63) is 71.0 Å². The summed E-state index contributed by atoms with van der Waals surface area (Å²) in [7, 11) is 0. The third-order valence-electron chi connectivity index (χ3n) is 5.50. The van der Waals surface area contributed by atoms with Crippen molar-refractivity contribution in [3.8, 4) is 0 Å². The highest BCUT2D eigenvalue weighted by Gasteiger charge is 2.29. The zero-order valence-corrected chi connectivity index (χ0v) is 19.9. The van der Waals surface area contributed by atoms with E-state index in [1.54, 1.807) is 6.08 Å². The van der Waals surface area contributed by atoms with Crippen LogP contribution in [0.3, 0.4) is 0 Å². The third-order valence-corrected chi connectivity index (χ3v) is 5.74. The molecule has 0 atom stereocenters. The minimum absolute atomic E-state index is 0.00817. The van der Waals surface area contributed by atoms with Crippen molar-refractivity contribution >= 4 is 29.4 Å². The zero-order valence-electron chi connectivity index (χ0n) is 19.2. The molecule has 182 valence electrons. The maximum atomic E-state index is 14.3. The molecule has 2 aliphatic rings. The Labute approximate surface area is 204 Å². The van der Waals surface area contributed by atoms with Gasteiger partial charge in [0.2, 0.25) is 5.91 Å². The zero-order chi connectivity index (χ0) is 24.4. The molecular formula is C25H30ClFN4O3. The van der Waals surface area contributed by atoms with Gasteiger partial charge in [-0.3, -0.25) is 4.79 Å². The van der Waals surface area contributed by atoms with Gasteiger partial charge in [0.1, 0.15) is 12.1 Å². The van der Waals surface area contributed by atoms with Gasteiger partial charge in [0.05, 0.1) is 23.8 Å². The Balaban J connectivity index is 1.72. The van der Waals surface area contributed by atoms with E-state index in [-0.39, 0.29) is 36.3 Å². The van der Waals surface area contributed by atoms with Crippen LogP contribution in [0.5, 0.6) is 0 Å². The maximum Gasteiger partial charge on any atom is 0.300 e. The van der Waals surface area contributed by atoms with Crippen molar-refractivity contribution in [2.75, 3.05) is 6.54 Å². The summed E-state index contributed by atoms with van der Waals surface area (Å²) in [5, 5.41) is 16.8. The topological polar surface area (TPSA) is 95.3 Å². The summed E-state index contributed by atoms with van der Waals surface area (Å²) < 4.78 is 19.8. The number of amidine groups is 2. The highest BCUT2D eigenvalue weighted by Crippen LogP contribution is 2.27. The lowest BCUT2D eigenvalue weighted by Gasteiger charge is -2.32. The molecule has 0 saturated heterocycles. The molecule has 1 amide bonds. The fraction of sp³-hybridized carbons (Fsp3) is 0.400. The molecule has 7 nitrogen and oxygen atoms in total. The van der Waals surface area contributed by atoms with Crippen LogP contribution in [0.4, 0.5) is 4.39 Å². The van der Waals surface area contributed by atoms with Gasteiger partial charge in [-0.1, -0.05) is 49.9 Å². The van der Waals surface area contributed by atoms with Crippen LogP contribution in [0.15, 0.2) is 64.6 Å². The molecular weight excluding hydrogens is 459 g/mol. The number of ether oxygens (including phenoxy) is 1. The standard InChI is InChI=1S/C25H30ClFN4O3/c1-2-3-5-8-19(16-22(32)29-17-25(33)11-6-4-7-12-25)30-24-31-23(28-13-14-34-24)20-15-18(26)9-10-21(20)27/h3,5,8-10,13-15,33H,2,4,6-7,11-12,16-17H2,1H3,(H,29,32)(H,28,30,31)/b5-3+,19-8+. The molecule has 0 unspecified atom stereocenters. The monoisotopic (exact) mass is 488 g/mol. The Hall–Kier alpha value is -2.97. The Kier molecular flexibility index (Phi) is 9.42. The van der Waals surface area contributed by atoms with Gasteiger partial charge < -0.3 is 20.5 Å². The Bertz CT molecular complexity index is 1030. The minimum atomic E-state index is -0.848. The van der Waals surface area contributed by atoms with E-state index in [2.05, 4.69) is 20.6 Å². The smallest absolute Gasteiger partial charge is 0.300 e. The predicted molar refractivity (Wildman–Crippen MR) is 132 cm³/mol. The maximum absolute atomic E-state index is 14.3. The lowest BCUT2D eigenvalue weighted by Crippen LogP contribution is -2.44. The number of benzene rings is 1. The van der Waals surface area contributed by atoms with Crippen molar-refractivity contribution in [2.45, 2.75) is 57.5 Å². The van der Waals surface area contributed by atoms with Crippen LogP contribution in [0.25, 0.3) is 0 Å². The van der Waals surface area contributed by atoms with Crippen LogP contribution in [-0.4, -0.2) is 35.0 Å². The summed E-state index contributed by atoms with van der Waals surface area (Å²) in [4.78, 5) is 21.1. The molecule has 9 heteroatoms. The van der Waals surface area contributed by atoms with E-state index < -0.39 is 11.4 Å². The molecule has 0 bridgehead atoms. The summed E-state index contributed by atoms with van der Waals surface area (Å²) in [6.07, 6.45) is 13.4. The quantitative estimate of drug-likeness (QED) is 0.461. The van der Waals surface area contributed by atoms with Crippen LogP contribution in [0, 0.1) is 5.82 Å². The molecule has 1 aromatic carbocycles. The van der Waals surface area contributed by atoms with Gasteiger partial charge in [0.25, 0.3) is 0 Å². The summed E-state index contributed by atoms with van der Waals surface area (Å²) in [5.41, 5.74) is -0.214. The van der Waals surface area contributed by atoms with Gasteiger partial charge in [0, 0.05) is 17.3 Å². The van der Waals surface area contributed by atoms with Crippen LogP contribution in [0.1, 0.15) is 57.4 Å². The summed E-state index contributed by atoms with van der Waals surface area (Å²) in [6, 6.07) is 4.14. The minimum Gasteiger partial charge on any atom is -0.432 e. The molecule has 3 rings (SSSR count). The fourth-order valence-electron chi connectivity index (χ4n) is 3.69. The molecule has 1 heterocycles. The third kappa shape index (κ3) is 7.81. The van der Waals surface area contributed by atoms with Crippen LogP contribution in [0.2, 0.25) is 5.02 Å². The second-order valence-electron chi connectivity index (χ2n) is 8.29. The average Bonchev–Trinajstić information content (AvgIpc) is 3.05. The molecule has 3 N–H and O–H groups in total. The number of hydrogen-bond donors (Lipinski definition) is 3. The second-order valence-corrected chi connectivity index (χ2v) is 8.73. The first-order valence-corrected chi connectivity index (χ1v) is 11.8. The van der Waals surface area contributed by atoms with Crippen molar-refractivity contribution < 1.29 is 19.0 Å². The number of aliphatic imine (C=N–C) groups is 2. The molecule has 34 heavy (non-hydrogen) atoms. The van der Waals surface area contributed by atoms with E-state index in [1.165, 1.54) is 30.7 Å². The molecule has 1 aromatic rings. The molecule has 1 saturated carbocycles. The van der Waals surface area contributed by atoms with E-state index in [0.717, 1.165) is 25.7 Å². The normalized spacial score (nSPS) is 18.1. The Morgan fingerprint density at radius 1 is 1.32 bits per heavy atom. The molecule has 1 aliphatic heterocycles. The number of hydrogen-bond acceptors (Lipinski definition) is 6. The summed E-state index contributed by atoms with van der Waals surface area (Å²) in [5.74, 6) is -0.700. The van der Waals surface area contributed by atoms with E-state index >= 15 is 0 Å². The number of nitrogens with one attached hydrogen (secondary N) is 2. The van der Waals surface area contributed by atoms with Gasteiger partial charge >= 0.3 is 6.02 Å². The largest absolute Gasteiger partial charge is 0.432 e. The molecule has 1 aliphatic carbocycles. The number of allylic oxidation sites excluding steroid dienone is 3.